The van der Waals surface area contributed by atoms with Crippen LogP contribution in [0.15, 0.2) is 24.3 Å². The Morgan fingerprint density at radius 3 is 2.71 bits per heavy atom. The van der Waals surface area contributed by atoms with E-state index < -0.39 is 12.6 Å². The van der Waals surface area contributed by atoms with Gasteiger partial charge in [0, 0.05) is 30.1 Å². The molecule has 28 heavy (non-hydrogen) atoms. The van der Waals surface area contributed by atoms with Crippen molar-refractivity contribution in [2.24, 2.45) is 0 Å². The molecule has 0 radical (unpaired) electrons. The third-order valence-corrected chi connectivity index (χ3v) is 5.04. The Morgan fingerprint density at radius 1 is 1.25 bits per heavy atom. The van der Waals surface area contributed by atoms with E-state index in [2.05, 4.69) is 4.57 Å². The van der Waals surface area contributed by atoms with E-state index in [4.69, 9.17) is 14.2 Å². The number of phenolic OH excluding ortho intramolecular Hbond substituents is 1. The van der Waals surface area contributed by atoms with Crippen molar-refractivity contribution in [1.82, 2.24) is 4.57 Å². The number of benzene rings is 1. The molecule has 7 heteroatoms. The maximum atomic E-state index is 12.6. The summed E-state index contributed by atoms with van der Waals surface area (Å²) in [6.45, 7) is 4.91. The molecule has 0 bridgehead atoms. The summed E-state index contributed by atoms with van der Waals surface area (Å²) >= 11 is 0. The second-order valence-corrected chi connectivity index (χ2v) is 6.91. The van der Waals surface area contributed by atoms with E-state index in [0.29, 0.717) is 17.9 Å². The number of rotatable bonds is 7. The van der Waals surface area contributed by atoms with Crippen LogP contribution in [0.4, 0.5) is 0 Å². The van der Waals surface area contributed by atoms with Gasteiger partial charge in [-0.15, -0.1) is 0 Å². The Bertz CT molecular complexity index is 879. The summed E-state index contributed by atoms with van der Waals surface area (Å²) in [6, 6.07) is 6.05. The molecule has 2 heterocycles. The summed E-state index contributed by atoms with van der Waals surface area (Å²) in [5.41, 5.74) is 2.28. The minimum atomic E-state index is -0.780. The van der Waals surface area contributed by atoms with Crippen molar-refractivity contribution in [3.05, 3.63) is 46.8 Å². The summed E-state index contributed by atoms with van der Waals surface area (Å²) in [5.74, 6) is -0.887. The Labute approximate surface area is 163 Å². The highest BCUT2D eigenvalue weighted by Gasteiger charge is 2.22. The van der Waals surface area contributed by atoms with Crippen LogP contribution in [0.2, 0.25) is 0 Å². The van der Waals surface area contributed by atoms with E-state index in [1.54, 1.807) is 0 Å². The fourth-order valence-corrected chi connectivity index (χ4v) is 3.45. The number of ether oxygens (including phenoxy) is 3. The number of aryl methyl sites for hydroxylation is 1. The average molecular weight is 387 g/mol. The van der Waals surface area contributed by atoms with Gasteiger partial charge in [-0.1, -0.05) is 0 Å². The van der Waals surface area contributed by atoms with Gasteiger partial charge in [-0.2, -0.15) is 0 Å². The zero-order valence-corrected chi connectivity index (χ0v) is 16.4. The average Bonchev–Trinajstić information content (AvgIpc) is 3.30. The standard InChI is InChI=1S/C21H25NO6/c1-13-9-17(14(2)22(13)11-16-5-4-8-27-16)20(24)12-28-21(25)18-10-15(26-3)6-7-19(18)23/h6-7,9-10,16,23H,4-5,8,11-12H2,1-3H3/t16-/m1/s1. The van der Waals surface area contributed by atoms with Crippen molar-refractivity contribution in [1.29, 1.82) is 0 Å². The zero-order chi connectivity index (χ0) is 20.3. The van der Waals surface area contributed by atoms with Gasteiger partial charge in [-0.05, 0) is 51.0 Å². The van der Waals surface area contributed by atoms with Crippen LogP contribution in [0.1, 0.15) is 44.9 Å². The van der Waals surface area contributed by atoms with E-state index in [1.807, 2.05) is 19.9 Å². The maximum absolute atomic E-state index is 12.6. The van der Waals surface area contributed by atoms with Gasteiger partial charge in [-0.25, -0.2) is 4.79 Å². The molecule has 7 nitrogen and oxygen atoms in total. The number of Topliss-reactive ketones (excluding diaryl/α,β-unsaturated/α-hetero) is 1. The van der Waals surface area contributed by atoms with Crippen molar-refractivity contribution in [2.75, 3.05) is 20.3 Å². The predicted octanol–water partition coefficient (Wildman–Crippen LogP) is 3.04. The van der Waals surface area contributed by atoms with Gasteiger partial charge in [0.1, 0.15) is 17.1 Å². The van der Waals surface area contributed by atoms with Crippen LogP contribution in [-0.4, -0.2) is 47.9 Å². The molecule has 0 aliphatic carbocycles. The topological polar surface area (TPSA) is 87.0 Å². The molecular weight excluding hydrogens is 362 g/mol. The molecule has 2 aromatic rings. The van der Waals surface area contributed by atoms with Gasteiger partial charge in [0.15, 0.2) is 6.61 Å². The van der Waals surface area contributed by atoms with Gasteiger partial charge in [0.2, 0.25) is 5.78 Å². The number of hydrogen-bond donors (Lipinski definition) is 1. The molecular formula is C21H25NO6. The Morgan fingerprint density at radius 2 is 2.04 bits per heavy atom. The first-order chi connectivity index (χ1) is 13.4. The van der Waals surface area contributed by atoms with Crippen molar-refractivity contribution < 1.29 is 28.9 Å². The summed E-state index contributed by atoms with van der Waals surface area (Å²) in [6.07, 6.45) is 2.24. The highest BCUT2D eigenvalue weighted by Crippen LogP contribution is 2.24. The van der Waals surface area contributed by atoms with Crippen molar-refractivity contribution in [3.63, 3.8) is 0 Å². The fourth-order valence-electron chi connectivity index (χ4n) is 3.45. The molecule has 0 unspecified atom stereocenters. The number of methoxy groups -OCH3 is 1. The van der Waals surface area contributed by atoms with E-state index >= 15 is 0 Å². The molecule has 1 fully saturated rings. The van der Waals surface area contributed by atoms with Crippen LogP contribution in [0, 0.1) is 13.8 Å². The monoisotopic (exact) mass is 387 g/mol. The Hall–Kier alpha value is -2.80. The predicted molar refractivity (Wildman–Crippen MR) is 102 cm³/mol. The highest BCUT2D eigenvalue weighted by molar-refractivity contribution is 6.01. The van der Waals surface area contributed by atoms with Crippen LogP contribution in [0.3, 0.4) is 0 Å². The minimum absolute atomic E-state index is 0.0454. The molecule has 1 saturated heterocycles. The smallest absolute Gasteiger partial charge is 0.342 e. The third kappa shape index (κ3) is 4.20. The zero-order valence-electron chi connectivity index (χ0n) is 16.4. The lowest BCUT2D eigenvalue weighted by Crippen LogP contribution is -2.18. The summed E-state index contributed by atoms with van der Waals surface area (Å²) in [7, 11) is 1.46. The SMILES string of the molecule is COc1ccc(O)c(C(=O)OCC(=O)c2cc(C)n(C[C@H]3CCCO3)c2C)c1. The van der Waals surface area contributed by atoms with Crippen molar-refractivity contribution >= 4 is 11.8 Å². The van der Waals surface area contributed by atoms with Crippen LogP contribution in [0.5, 0.6) is 11.5 Å². The molecule has 150 valence electrons. The lowest BCUT2D eigenvalue weighted by molar-refractivity contribution is 0.0471. The molecule has 3 rings (SSSR count). The minimum Gasteiger partial charge on any atom is -0.507 e. The second kappa shape index (κ2) is 8.48. The number of esters is 1. The van der Waals surface area contributed by atoms with Crippen LogP contribution >= 0.6 is 0 Å². The van der Waals surface area contributed by atoms with Crippen LogP contribution < -0.4 is 4.74 Å². The first-order valence-corrected chi connectivity index (χ1v) is 9.26. The maximum Gasteiger partial charge on any atom is 0.342 e. The largest absolute Gasteiger partial charge is 0.507 e. The number of ketones is 1. The molecule has 1 aromatic heterocycles. The van der Waals surface area contributed by atoms with E-state index in [-0.39, 0.29) is 23.2 Å². The van der Waals surface area contributed by atoms with Crippen LogP contribution in [-0.2, 0) is 16.0 Å². The van der Waals surface area contributed by atoms with Gasteiger partial charge >= 0.3 is 5.97 Å². The van der Waals surface area contributed by atoms with Gasteiger partial charge in [0.05, 0.1) is 13.2 Å². The summed E-state index contributed by atoms with van der Waals surface area (Å²) in [4.78, 5) is 24.8. The molecule has 1 aliphatic heterocycles. The Balaban J connectivity index is 1.67. The van der Waals surface area contributed by atoms with Gasteiger partial charge in [-0.3, -0.25) is 4.79 Å². The number of aromatic nitrogens is 1. The number of nitrogens with zero attached hydrogens (tertiary/aromatic N) is 1. The normalized spacial score (nSPS) is 16.2. The van der Waals surface area contributed by atoms with Gasteiger partial charge < -0.3 is 23.9 Å². The van der Waals surface area contributed by atoms with Crippen LogP contribution in [0.25, 0.3) is 0 Å². The number of phenols is 1. The van der Waals surface area contributed by atoms with E-state index in [0.717, 1.165) is 30.8 Å². The number of hydrogen-bond acceptors (Lipinski definition) is 6. The molecule has 0 amide bonds. The quantitative estimate of drug-likeness (QED) is 0.580. The van der Waals surface area contributed by atoms with E-state index in [9.17, 15) is 14.7 Å². The molecule has 1 aliphatic rings. The molecule has 0 saturated carbocycles. The first kappa shape index (κ1) is 19.9. The van der Waals surface area contributed by atoms with E-state index in [1.165, 1.54) is 25.3 Å². The summed E-state index contributed by atoms with van der Waals surface area (Å²) in [5, 5.41) is 9.85. The highest BCUT2D eigenvalue weighted by atomic mass is 16.5. The Kier molecular flexibility index (Phi) is 6.04. The second-order valence-electron chi connectivity index (χ2n) is 6.91. The number of carbonyl (C=O) groups excluding carboxylic acids is 2. The number of aromatic hydroxyl groups is 1. The molecule has 0 spiro atoms. The van der Waals surface area contributed by atoms with Crippen molar-refractivity contribution in [3.8, 4) is 11.5 Å². The first-order valence-electron chi connectivity index (χ1n) is 9.26. The fraction of sp³-hybridized carbons (Fsp3) is 0.429. The van der Waals surface area contributed by atoms with Gasteiger partial charge in [0.25, 0.3) is 0 Å². The van der Waals surface area contributed by atoms with Crippen molar-refractivity contribution in [2.45, 2.75) is 39.3 Å². The third-order valence-electron chi connectivity index (χ3n) is 5.04. The number of carbonyl (C=O) groups is 2. The lowest BCUT2D eigenvalue weighted by atomic mass is 10.1. The molecule has 1 atom stereocenters. The molecule has 1 aromatic carbocycles. The lowest BCUT2D eigenvalue weighted by Gasteiger charge is -2.14. The molecule has 1 N–H and O–H groups in total. The summed E-state index contributed by atoms with van der Waals surface area (Å²) < 4.78 is 17.9.